The highest BCUT2D eigenvalue weighted by atomic mass is 28.4. The van der Waals surface area contributed by atoms with E-state index in [-0.39, 0.29) is 5.04 Å². The molecule has 3 rings (SSSR count). The van der Waals surface area contributed by atoms with E-state index < -0.39 is 8.32 Å². The van der Waals surface area contributed by atoms with Gasteiger partial charge in [-0.3, -0.25) is 0 Å². The first-order valence-electron chi connectivity index (χ1n) is 12.2. The van der Waals surface area contributed by atoms with Crippen LogP contribution in [0.15, 0.2) is 72.3 Å². The highest BCUT2D eigenvalue weighted by molar-refractivity contribution is 6.99. The van der Waals surface area contributed by atoms with Gasteiger partial charge in [0.15, 0.2) is 0 Å². The Hall–Kier alpha value is -1.64. The Morgan fingerprint density at radius 3 is 2.00 bits per heavy atom. The minimum Gasteiger partial charge on any atom is -0.404 e. The van der Waals surface area contributed by atoms with Gasteiger partial charge in [0, 0.05) is 6.10 Å². The molecule has 1 aliphatic carbocycles. The Labute approximate surface area is 192 Å². The molecule has 0 aliphatic heterocycles. The predicted molar refractivity (Wildman–Crippen MR) is 138 cm³/mol. The number of allylic oxidation sites excluding steroid dienone is 2. The van der Waals surface area contributed by atoms with E-state index in [0.29, 0.717) is 12.0 Å². The minimum absolute atomic E-state index is 0.0524. The van der Waals surface area contributed by atoms with Gasteiger partial charge in [-0.05, 0) is 59.9 Å². The van der Waals surface area contributed by atoms with Crippen molar-refractivity contribution in [3.05, 3.63) is 72.3 Å². The molecule has 0 saturated heterocycles. The Balaban J connectivity index is 1.93. The van der Waals surface area contributed by atoms with Crippen LogP contribution in [0.1, 0.15) is 73.6 Å². The fourth-order valence-electron chi connectivity index (χ4n) is 5.09. The summed E-state index contributed by atoms with van der Waals surface area (Å²) in [5.74, 6) is 1.39. The summed E-state index contributed by atoms with van der Waals surface area (Å²) in [7, 11) is -2.44. The SMILES string of the molecule is C/C(=C/CC1CCCC(O[Si](c2ccccc2)(c2ccccc2)C(C)(C)C)C1)C(C)C. The number of benzene rings is 2. The molecular weight excluding hydrogens is 392 g/mol. The Bertz CT molecular complexity index is 793. The van der Waals surface area contributed by atoms with Gasteiger partial charge in [-0.15, -0.1) is 0 Å². The zero-order valence-electron chi connectivity index (χ0n) is 20.5. The zero-order chi connectivity index (χ0) is 22.5. The normalized spacial score (nSPS) is 20.8. The second-order valence-electron chi connectivity index (χ2n) is 10.8. The maximum Gasteiger partial charge on any atom is 0.261 e. The first kappa shape index (κ1) is 24.0. The van der Waals surface area contributed by atoms with E-state index in [9.17, 15) is 0 Å². The Morgan fingerprint density at radius 1 is 0.968 bits per heavy atom. The van der Waals surface area contributed by atoms with Crippen molar-refractivity contribution in [2.24, 2.45) is 11.8 Å². The first-order chi connectivity index (χ1) is 14.7. The van der Waals surface area contributed by atoms with E-state index in [2.05, 4.69) is 108 Å². The molecule has 1 fully saturated rings. The standard InChI is InChI=1S/C29H42OSi/c1-23(2)24(3)20-21-25-14-13-15-26(22-25)30-31(29(4,5)6,27-16-9-7-10-17-27)28-18-11-8-12-19-28/h7-12,16-20,23,25-26H,13-15,21-22H2,1-6H3/b24-20-. The third kappa shape index (κ3) is 5.59. The van der Waals surface area contributed by atoms with E-state index in [1.54, 1.807) is 0 Å². The highest BCUT2D eigenvalue weighted by Gasteiger charge is 2.51. The summed E-state index contributed by atoms with van der Waals surface area (Å²) >= 11 is 0. The molecule has 2 atom stereocenters. The number of hydrogen-bond donors (Lipinski definition) is 0. The maximum atomic E-state index is 7.42. The quantitative estimate of drug-likeness (QED) is 0.333. The third-order valence-electron chi connectivity index (χ3n) is 7.18. The largest absolute Gasteiger partial charge is 0.404 e. The van der Waals surface area contributed by atoms with Gasteiger partial charge in [0.1, 0.15) is 0 Å². The summed E-state index contributed by atoms with van der Waals surface area (Å²) in [6.07, 6.45) is 9.02. The molecule has 2 heteroatoms. The summed E-state index contributed by atoms with van der Waals surface area (Å²) in [6, 6.07) is 22.2. The number of rotatable bonds is 7. The maximum absolute atomic E-state index is 7.42. The summed E-state index contributed by atoms with van der Waals surface area (Å²) in [6.45, 7) is 14.0. The molecule has 0 aromatic heterocycles. The molecule has 0 heterocycles. The fraction of sp³-hybridized carbons (Fsp3) is 0.517. The van der Waals surface area contributed by atoms with Gasteiger partial charge in [-0.1, -0.05) is 113 Å². The molecular formula is C29H42OSi. The molecule has 0 amide bonds. The van der Waals surface area contributed by atoms with Crippen molar-refractivity contribution >= 4 is 18.7 Å². The van der Waals surface area contributed by atoms with Crippen LogP contribution in [-0.2, 0) is 4.43 Å². The minimum atomic E-state index is -2.44. The van der Waals surface area contributed by atoms with Crippen LogP contribution in [-0.4, -0.2) is 14.4 Å². The number of hydrogen-bond acceptors (Lipinski definition) is 1. The smallest absolute Gasteiger partial charge is 0.261 e. The molecule has 0 radical (unpaired) electrons. The molecule has 168 valence electrons. The molecule has 1 aliphatic rings. The van der Waals surface area contributed by atoms with Gasteiger partial charge in [0.05, 0.1) is 0 Å². The van der Waals surface area contributed by atoms with Crippen molar-refractivity contribution in [3.63, 3.8) is 0 Å². The average molecular weight is 435 g/mol. The average Bonchev–Trinajstić information content (AvgIpc) is 2.76. The van der Waals surface area contributed by atoms with Crippen molar-refractivity contribution in [3.8, 4) is 0 Å². The third-order valence-corrected chi connectivity index (χ3v) is 12.3. The van der Waals surface area contributed by atoms with Crippen molar-refractivity contribution in [2.75, 3.05) is 0 Å². The van der Waals surface area contributed by atoms with Gasteiger partial charge in [0.2, 0.25) is 0 Å². The lowest BCUT2D eigenvalue weighted by molar-refractivity contribution is 0.114. The van der Waals surface area contributed by atoms with Crippen molar-refractivity contribution in [1.82, 2.24) is 0 Å². The van der Waals surface area contributed by atoms with Crippen LogP contribution in [0.25, 0.3) is 0 Å². The molecule has 0 spiro atoms. The van der Waals surface area contributed by atoms with Crippen LogP contribution in [0, 0.1) is 11.8 Å². The van der Waals surface area contributed by atoms with Gasteiger partial charge >= 0.3 is 0 Å². The summed E-state index contributed by atoms with van der Waals surface area (Å²) in [5.41, 5.74) is 1.52. The zero-order valence-corrected chi connectivity index (χ0v) is 21.5. The molecule has 31 heavy (non-hydrogen) atoms. The van der Waals surface area contributed by atoms with Crippen molar-refractivity contribution in [1.29, 1.82) is 0 Å². The fourth-order valence-corrected chi connectivity index (χ4v) is 9.82. The molecule has 0 N–H and O–H groups in total. The first-order valence-corrected chi connectivity index (χ1v) is 14.1. The lowest BCUT2D eigenvalue weighted by Crippen LogP contribution is -2.67. The summed E-state index contributed by atoms with van der Waals surface area (Å²) in [5, 5.41) is 2.84. The van der Waals surface area contributed by atoms with E-state index in [4.69, 9.17) is 4.43 Å². The van der Waals surface area contributed by atoms with Crippen molar-refractivity contribution in [2.45, 2.75) is 84.8 Å². The molecule has 2 aromatic rings. The summed E-state index contributed by atoms with van der Waals surface area (Å²) < 4.78 is 7.42. The second kappa shape index (κ2) is 10.3. The van der Waals surface area contributed by atoms with Gasteiger partial charge in [-0.2, -0.15) is 0 Å². The van der Waals surface area contributed by atoms with Gasteiger partial charge < -0.3 is 4.43 Å². The van der Waals surface area contributed by atoms with E-state index in [0.717, 1.165) is 5.92 Å². The van der Waals surface area contributed by atoms with Crippen LogP contribution >= 0.6 is 0 Å². The lowest BCUT2D eigenvalue weighted by atomic mass is 9.84. The molecule has 1 saturated carbocycles. The van der Waals surface area contributed by atoms with Crippen LogP contribution in [0.4, 0.5) is 0 Å². The topological polar surface area (TPSA) is 9.23 Å². The molecule has 0 bridgehead atoms. The van der Waals surface area contributed by atoms with E-state index in [1.807, 2.05) is 0 Å². The summed E-state index contributed by atoms with van der Waals surface area (Å²) in [4.78, 5) is 0. The predicted octanol–water partition coefficient (Wildman–Crippen LogP) is 7.11. The lowest BCUT2D eigenvalue weighted by Gasteiger charge is -2.46. The molecule has 1 nitrogen and oxygen atoms in total. The van der Waals surface area contributed by atoms with Crippen LogP contribution < -0.4 is 10.4 Å². The second-order valence-corrected chi connectivity index (χ2v) is 15.0. The monoisotopic (exact) mass is 434 g/mol. The van der Waals surface area contributed by atoms with Crippen molar-refractivity contribution < 1.29 is 4.43 Å². The van der Waals surface area contributed by atoms with E-state index >= 15 is 0 Å². The van der Waals surface area contributed by atoms with Gasteiger partial charge in [0.25, 0.3) is 8.32 Å². The van der Waals surface area contributed by atoms with Gasteiger partial charge in [-0.25, -0.2) is 0 Å². The molecule has 2 unspecified atom stereocenters. The van der Waals surface area contributed by atoms with E-state index in [1.165, 1.54) is 48.1 Å². The van der Waals surface area contributed by atoms with Crippen LogP contribution in [0.2, 0.25) is 5.04 Å². The highest BCUT2D eigenvalue weighted by Crippen LogP contribution is 2.40. The molecule has 2 aromatic carbocycles. The van der Waals surface area contributed by atoms with Crippen LogP contribution in [0.5, 0.6) is 0 Å². The van der Waals surface area contributed by atoms with Crippen LogP contribution in [0.3, 0.4) is 0 Å². The Morgan fingerprint density at radius 2 is 1.52 bits per heavy atom. The Kier molecular flexibility index (Phi) is 7.99.